The highest BCUT2D eigenvalue weighted by Gasteiger charge is 2.20. The van der Waals surface area contributed by atoms with Crippen LogP contribution in [0.4, 0.5) is 5.95 Å². The molecule has 8 heteroatoms. The number of halogens is 1. The molecule has 0 aromatic carbocycles. The van der Waals surface area contributed by atoms with Crippen molar-refractivity contribution >= 4 is 23.5 Å². The summed E-state index contributed by atoms with van der Waals surface area (Å²) < 4.78 is 4.84. The summed E-state index contributed by atoms with van der Waals surface area (Å²) in [5, 5.41) is 2.77. The van der Waals surface area contributed by atoms with Crippen LogP contribution in [0.2, 0.25) is 5.28 Å². The molecule has 1 atom stereocenters. The fraction of sp³-hybridized carbons (Fsp3) is 0.556. The maximum Gasteiger partial charge on any atom is 0.322 e. The number of primary amides is 1. The number of rotatable bonds is 5. The number of hydrogen-bond donors (Lipinski definition) is 2. The monoisotopic (exact) mass is 259 g/mol. The average Bonchev–Trinajstić information content (AvgIpc) is 2.24. The zero-order chi connectivity index (χ0) is 13.0. The van der Waals surface area contributed by atoms with Crippen LogP contribution in [0.3, 0.4) is 0 Å². The normalized spacial score (nSPS) is 12.3. The molecule has 0 radical (unpaired) electrons. The maximum absolute atomic E-state index is 11.2. The quantitative estimate of drug-likeness (QED) is 0.796. The Balaban J connectivity index is 2.93. The lowest BCUT2D eigenvalue weighted by atomic mass is 10.0. The smallest absolute Gasteiger partial charge is 0.322 e. The molecule has 0 fully saturated rings. The number of aromatic nitrogens is 3. The summed E-state index contributed by atoms with van der Waals surface area (Å²) in [6.07, 6.45) is 0. The standard InChI is InChI=1S/C9H14ClN5O2/c1-4(2)5(6(11)16)12-8-13-7(10)14-9(15-8)17-3/h4-5H,1-3H3,(H2,11,16)(H,12,13,14,15). The van der Waals surface area contributed by atoms with Crippen molar-refractivity contribution in [2.75, 3.05) is 12.4 Å². The average molecular weight is 260 g/mol. The minimum absolute atomic E-state index is 0.00552. The van der Waals surface area contributed by atoms with Crippen molar-refractivity contribution in [1.29, 1.82) is 0 Å². The Kier molecular flexibility index (Phi) is 4.45. The number of nitrogens with zero attached hydrogens (tertiary/aromatic N) is 3. The van der Waals surface area contributed by atoms with Crippen LogP contribution in [-0.4, -0.2) is 34.0 Å². The van der Waals surface area contributed by atoms with E-state index in [-0.39, 0.29) is 23.2 Å². The van der Waals surface area contributed by atoms with Gasteiger partial charge in [-0.25, -0.2) is 0 Å². The van der Waals surface area contributed by atoms with Crippen LogP contribution in [0.5, 0.6) is 6.01 Å². The van der Waals surface area contributed by atoms with E-state index in [1.807, 2.05) is 13.8 Å². The maximum atomic E-state index is 11.2. The Morgan fingerprint density at radius 3 is 2.53 bits per heavy atom. The summed E-state index contributed by atoms with van der Waals surface area (Å²) in [7, 11) is 1.41. The van der Waals surface area contributed by atoms with Crippen molar-refractivity contribution in [3.05, 3.63) is 5.28 Å². The van der Waals surface area contributed by atoms with E-state index in [0.29, 0.717) is 0 Å². The zero-order valence-electron chi connectivity index (χ0n) is 9.77. The second-order valence-electron chi connectivity index (χ2n) is 3.68. The lowest BCUT2D eigenvalue weighted by Crippen LogP contribution is -2.40. The largest absolute Gasteiger partial charge is 0.467 e. The SMILES string of the molecule is COc1nc(Cl)nc(NC(C(N)=O)C(C)C)n1. The minimum Gasteiger partial charge on any atom is -0.467 e. The van der Waals surface area contributed by atoms with Gasteiger partial charge in [0.1, 0.15) is 6.04 Å². The van der Waals surface area contributed by atoms with Gasteiger partial charge in [0.2, 0.25) is 17.1 Å². The fourth-order valence-corrected chi connectivity index (χ4v) is 1.35. The molecule has 1 aromatic heterocycles. The number of methoxy groups -OCH3 is 1. The highest BCUT2D eigenvalue weighted by Crippen LogP contribution is 2.13. The minimum atomic E-state index is -0.585. The third kappa shape index (κ3) is 3.70. The molecule has 94 valence electrons. The third-order valence-corrected chi connectivity index (χ3v) is 2.20. The first-order valence-electron chi connectivity index (χ1n) is 4.95. The number of carbonyl (C=O) groups excluding carboxylic acids is 1. The van der Waals surface area contributed by atoms with Gasteiger partial charge in [0.15, 0.2) is 0 Å². The Labute approximate surface area is 104 Å². The van der Waals surface area contributed by atoms with Gasteiger partial charge in [-0.1, -0.05) is 13.8 Å². The molecular weight excluding hydrogens is 246 g/mol. The zero-order valence-corrected chi connectivity index (χ0v) is 10.5. The molecule has 7 nitrogen and oxygen atoms in total. The van der Waals surface area contributed by atoms with Gasteiger partial charge >= 0.3 is 6.01 Å². The van der Waals surface area contributed by atoms with Gasteiger partial charge in [-0.05, 0) is 17.5 Å². The van der Waals surface area contributed by atoms with Gasteiger partial charge in [0.25, 0.3) is 0 Å². The molecule has 0 aliphatic rings. The molecule has 0 aliphatic heterocycles. The molecule has 1 rings (SSSR count). The first kappa shape index (κ1) is 13.4. The number of anilines is 1. The molecule has 1 unspecified atom stereocenters. The van der Waals surface area contributed by atoms with Crippen LogP contribution >= 0.6 is 11.6 Å². The Bertz CT molecular complexity index is 412. The van der Waals surface area contributed by atoms with Crippen LogP contribution in [0, 0.1) is 5.92 Å². The van der Waals surface area contributed by atoms with Crippen LogP contribution < -0.4 is 15.8 Å². The summed E-state index contributed by atoms with van der Waals surface area (Å²) >= 11 is 5.67. The van der Waals surface area contributed by atoms with Crippen LogP contribution in [0.25, 0.3) is 0 Å². The molecule has 3 N–H and O–H groups in total. The van der Waals surface area contributed by atoms with E-state index in [9.17, 15) is 4.79 Å². The van der Waals surface area contributed by atoms with Crippen molar-refractivity contribution < 1.29 is 9.53 Å². The van der Waals surface area contributed by atoms with Crippen molar-refractivity contribution in [1.82, 2.24) is 15.0 Å². The van der Waals surface area contributed by atoms with Gasteiger partial charge in [-0.2, -0.15) is 15.0 Å². The molecule has 0 bridgehead atoms. The van der Waals surface area contributed by atoms with Gasteiger partial charge in [-0.3, -0.25) is 4.79 Å². The summed E-state index contributed by atoms with van der Waals surface area (Å²) in [6.45, 7) is 3.70. The lowest BCUT2D eigenvalue weighted by molar-refractivity contribution is -0.119. The van der Waals surface area contributed by atoms with Crippen molar-refractivity contribution in [3.8, 4) is 6.01 Å². The van der Waals surface area contributed by atoms with E-state index in [1.54, 1.807) is 0 Å². The number of nitrogens with one attached hydrogen (secondary N) is 1. The van der Waals surface area contributed by atoms with E-state index in [2.05, 4.69) is 20.3 Å². The fourth-order valence-electron chi connectivity index (χ4n) is 1.19. The van der Waals surface area contributed by atoms with E-state index in [0.717, 1.165) is 0 Å². The number of ether oxygens (including phenoxy) is 1. The van der Waals surface area contributed by atoms with Crippen LogP contribution in [0.15, 0.2) is 0 Å². The van der Waals surface area contributed by atoms with Gasteiger partial charge in [-0.15, -0.1) is 0 Å². The summed E-state index contributed by atoms with van der Waals surface area (Å²) in [5.74, 6) is -0.344. The molecule has 1 amide bonds. The Hall–Kier alpha value is -1.63. The van der Waals surface area contributed by atoms with Crippen molar-refractivity contribution in [2.24, 2.45) is 11.7 Å². The van der Waals surface area contributed by atoms with Crippen molar-refractivity contribution in [3.63, 3.8) is 0 Å². The highest BCUT2D eigenvalue weighted by molar-refractivity contribution is 6.28. The van der Waals surface area contributed by atoms with E-state index in [1.165, 1.54) is 7.11 Å². The Morgan fingerprint density at radius 2 is 2.06 bits per heavy atom. The second-order valence-corrected chi connectivity index (χ2v) is 4.02. The van der Waals surface area contributed by atoms with E-state index in [4.69, 9.17) is 22.1 Å². The molecule has 0 saturated heterocycles. The lowest BCUT2D eigenvalue weighted by Gasteiger charge is -2.18. The topological polar surface area (TPSA) is 103 Å². The molecule has 1 aromatic rings. The molecule has 0 saturated carbocycles. The third-order valence-electron chi connectivity index (χ3n) is 2.03. The number of hydrogen-bond acceptors (Lipinski definition) is 6. The Morgan fingerprint density at radius 1 is 1.41 bits per heavy atom. The van der Waals surface area contributed by atoms with Gasteiger partial charge < -0.3 is 15.8 Å². The molecule has 17 heavy (non-hydrogen) atoms. The number of nitrogens with two attached hydrogens (primary N) is 1. The van der Waals surface area contributed by atoms with Crippen LogP contribution in [0.1, 0.15) is 13.8 Å². The van der Waals surface area contributed by atoms with Crippen molar-refractivity contribution in [2.45, 2.75) is 19.9 Å². The number of carbonyl (C=O) groups is 1. The highest BCUT2D eigenvalue weighted by atomic mass is 35.5. The number of amides is 1. The van der Waals surface area contributed by atoms with Gasteiger partial charge in [0, 0.05) is 0 Å². The second kappa shape index (κ2) is 5.62. The summed E-state index contributed by atoms with van der Waals surface area (Å²) in [6, 6.07) is -0.516. The van der Waals surface area contributed by atoms with E-state index >= 15 is 0 Å². The first-order valence-corrected chi connectivity index (χ1v) is 5.33. The molecule has 0 aliphatic carbocycles. The first-order chi connectivity index (χ1) is 7.93. The molecule has 0 spiro atoms. The molecular formula is C9H14ClN5O2. The summed E-state index contributed by atoms with van der Waals surface area (Å²) in [4.78, 5) is 22.7. The predicted octanol–water partition coefficient (Wildman–Crippen LogP) is 0.455. The van der Waals surface area contributed by atoms with Crippen LogP contribution in [-0.2, 0) is 4.79 Å². The predicted molar refractivity (Wildman–Crippen MR) is 62.8 cm³/mol. The van der Waals surface area contributed by atoms with E-state index < -0.39 is 11.9 Å². The molecule has 1 heterocycles. The summed E-state index contributed by atoms with van der Waals surface area (Å²) in [5.41, 5.74) is 5.26. The van der Waals surface area contributed by atoms with Gasteiger partial charge in [0.05, 0.1) is 7.11 Å².